The Bertz CT molecular complexity index is 287. The van der Waals surface area contributed by atoms with Crippen molar-refractivity contribution < 1.29 is 4.79 Å². The number of amides is 1. The number of pyridine rings is 1. The van der Waals surface area contributed by atoms with E-state index in [-0.39, 0.29) is 5.91 Å². The number of nitrogens with zero attached hydrogens (tertiary/aromatic N) is 1. The fraction of sp³-hybridized carbons (Fsp3) is 0.455. The molecule has 0 saturated carbocycles. The maximum Gasteiger partial charge on any atom is 0.233 e. The molecule has 0 aliphatic heterocycles. The van der Waals surface area contributed by atoms with Gasteiger partial charge in [-0.15, -0.1) is 0 Å². The molecule has 1 aromatic heterocycles. The average molecular weight is 207 g/mol. The molecule has 0 aliphatic rings. The van der Waals surface area contributed by atoms with E-state index >= 15 is 0 Å². The van der Waals surface area contributed by atoms with Crippen LogP contribution in [0.15, 0.2) is 24.5 Å². The van der Waals surface area contributed by atoms with Crippen molar-refractivity contribution >= 4 is 5.91 Å². The van der Waals surface area contributed by atoms with E-state index in [2.05, 4.69) is 15.6 Å². The zero-order valence-corrected chi connectivity index (χ0v) is 8.99. The van der Waals surface area contributed by atoms with Crippen molar-refractivity contribution in [2.45, 2.75) is 13.3 Å². The summed E-state index contributed by atoms with van der Waals surface area (Å²) in [7, 11) is 0. The first-order chi connectivity index (χ1) is 7.33. The lowest BCUT2D eigenvalue weighted by molar-refractivity contribution is -0.120. The highest BCUT2D eigenvalue weighted by Gasteiger charge is 1.98. The number of nitrogens with one attached hydrogen (secondary N) is 2. The molecule has 2 N–H and O–H groups in total. The summed E-state index contributed by atoms with van der Waals surface area (Å²) < 4.78 is 0. The van der Waals surface area contributed by atoms with Crippen molar-refractivity contribution in [1.82, 2.24) is 15.6 Å². The molecule has 0 fully saturated rings. The Morgan fingerprint density at radius 3 is 3.07 bits per heavy atom. The molecule has 0 aromatic carbocycles. The van der Waals surface area contributed by atoms with E-state index in [0.29, 0.717) is 13.1 Å². The summed E-state index contributed by atoms with van der Waals surface area (Å²) in [5.41, 5.74) is 1.14. The molecule has 0 aliphatic carbocycles. The Morgan fingerprint density at radius 2 is 2.40 bits per heavy atom. The van der Waals surface area contributed by atoms with Crippen molar-refractivity contribution in [2.24, 2.45) is 0 Å². The zero-order chi connectivity index (χ0) is 10.9. The van der Waals surface area contributed by atoms with E-state index in [9.17, 15) is 4.79 Å². The van der Waals surface area contributed by atoms with Crippen molar-refractivity contribution in [3.63, 3.8) is 0 Å². The molecule has 4 heteroatoms. The van der Waals surface area contributed by atoms with Crippen LogP contribution in [0.1, 0.15) is 12.5 Å². The number of hydrogen-bond acceptors (Lipinski definition) is 3. The third-order valence-corrected chi connectivity index (χ3v) is 1.99. The summed E-state index contributed by atoms with van der Waals surface area (Å²) in [5.74, 6) is 0.0424. The van der Waals surface area contributed by atoms with E-state index in [1.165, 1.54) is 0 Å². The number of hydrogen-bond donors (Lipinski definition) is 2. The first-order valence-electron chi connectivity index (χ1n) is 5.19. The third kappa shape index (κ3) is 5.12. The number of carbonyl (C=O) groups is 1. The van der Waals surface area contributed by atoms with Crippen molar-refractivity contribution in [3.8, 4) is 0 Å². The van der Waals surface area contributed by atoms with Gasteiger partial charge in [0.2, 0.25) is 5.91 Å². The predicted molar refractivity (Wildman–Crippen MR) is 59.5 cm³/mol. The minimum absolute atomic E-state index is 0.0424. The SMILES string of the molecule is CCNCC(=O)NCCc1cccnc1. The first-order valence-corrected chi connectivity index (χ1v) is 5.19. The second-order valence-corrected chi connectivity index (χ2v) is 3.24. The maximum absolute atomic E-state index is 11.2. The minimum atomic E-state index is 0.0424. The molecular formula is C11H17N3O. The van der Waals surface area contributed by atoms with Gasteiger partial charge in [0.1, 0.15) is 0 Å². The van der Waals surface area contributed by atoms with Crippen LogP contribution in [0.2, 0.25) is 0 Å². The molecule has 0 unspecified atom stereocenters. The molecule has 1 aromatic rings. The predicted octanol–water partition coefficient (Wildman–Crippen LogP) is 0.350. The van der Waals surface area contributed by atoms with Crippen LogP contribution in [0.5, 0.6) is 0 Å². The van der Waals surface area contributed by atoms with Gasteiger partial charge < -0.3 is 10.6 Å². The number of aromatic nitrogens is 1. The summed E-state index contributed by atoms with van der Waals surface area (Å²) >= 11 is 0. The lowest BCUT2D eigenvalue weighted by atomic mass is 10.2. The smallest absolute Gasteiger partial charge is 0.233 e. The summed E-state index contributed by atoms with van der Waals surface area (Å²) in [6, 6.07) is 3.90. The minimum Gasteiger partial charge on any atom is -0.355 e. The third-order valence-electron chi connectivity index (χ3n) is 1.99. The second kappa shape index (κ2) is 6.95. The van der Waals surface area contributed by atoms with Crippen LogP contribution in [0, 0.1) is 0 Å². The number of rotatable bonds is 6. The van der Waals surface area contributed by atoms with Crippen LogP contribution in [-0.4, -0.2) is 30.5 Å². The van der Waals surface area contributed by atoms with Crippen LogP contribution in [-0.2, 0) is 11.2 Å². The quantitative estimate of drug-likeness (QED) is 0.707. The van der Waals surface area contributed by atoms with Gasteiger partial charge in [-0.3, -0.25) is 9.78 Å². The molecule has 1 amide bonds. The number of likely N-dealkylation sites (N-methyl/N-ethyl adjacent to an activating group) is 1. The second-order valence-electron chi connectivity index (χ2n) is 3.24. The fourth-order valence-electron chi connectivity index (χ4n) is 1.19. The van der Waals surface area contributed by atoms with Gasteiger partial charge in [-0.1, -0.05) is 13.0 Å². The van der Waals surface area contributed by atoms with Crippen molar-refractivity contribution in [2.75, 3.05) is 19.6 Å². The molecular weight excluding hydrogens is 190 g/mol. The first kappa shape index (κ1) is 11.7. The molecule has 0 radical (unpaired) electrons. The lowest BCUT2D eigenvalue weighted by Gasteiger charge is -2.05. The van der Waals surface area contributed by atoms with Gasteiger partial charge in [0.05, 0.1) is 6.54 Å². The summed E-state index contributed by atoms with van der Waals surface area (Å²) in [6.45, 7) is 3.85. The van der Waals surface area contributed by atoms with E-state index in [1.807, 2.05) is 25.3 Å². The molecule has 82 valence electrons. The van der Waals surface area contributed by atoms with Gasteiger partial charge in [0.15, 0.2) is 0 Å². The van der Waals surface area contributed by atoms with E-state index in [0.717, 1.165) is 18.5 Å². The lowest BCUT2D eigenvalue weighted by Crippen LogP contribution is -2.34. The van der Waals surface area contributed by atoms with Crippen molar-refractivity contribution in [1.29, 1.82) is 0 Å². The highest BCUT2D eigenvalue weighted by Crippen LogP contribution is 1.94. The maximum atomic E-state index is 11.2. The summed E-state index contributed by atoms with van der Waals surface area (Å²) in [6.07, 6.45) is 4.38. The molecule has 15 heavy (non-hydrogen) atoms. The van der Waals surface area contributed by atoms with E-state index < -0.39 is 0 Å². The topological polar surface area (TPSA) is 54.0 Å². The van der Waals surface area contributed by atoms with Gasteiger partial charge in [-0.2, -0.15) is 0 Å². The summed E-state index contributed by atoms with van der Waals surface area (Å²) in [5, 5.41) is 5.81. The molecule has 0 saturated heterocycles. The molecule has 0 bridgehead atoms. The van der Waals surface area contributed by atoms with Gasteiger partial charge in [-0.05, 0) is 24.6 Å². The Hall–Kier alpha value is -1.42. The highest BCUT2D eigenvalue weighted by atomic mass is 16.1. The van der Waals surface area contributed by atoms with Gasteiger partial charge in [0.25, 0.3) is 0 Å². The van der Waals surface area contributed by atoms with Crippen LogP contribution < -0.4 is 10.6 Å². The molecule has 4 nitrogen and oxygen atoms in total. The van der Waals surface area contributed by atoms with Crippen LogP contribution in [0.3, 0.4) is 0 Å². The summed E-state index contributed by atoms with van der Waals surface area (Å²) in [4.78, 5) is 15.2. The van der Waals surface area contributed by atoms with Gasteiger partial charge in [-0.25, -0.2) is 0 Å². The fourth-order valence-corrected chi connectivity index (χ4v) is 1.19. The zero-order valence-electron chi connectivity index (χ0n) is 8.99. The van der Waals surface area contributed by atoms with Crippen molar-refractivity contribution in [3.05, 3.63) is 30.1 Å². The largest absolute Gasteiger partial charge is 0.355 e. The number of carbonyl (C=O) groups excluding carboxylic acids is 1. The van der Waals surface area contributed by atoms with E-state index in [1.54, 1.807) is 6.20 Å². The standard InChI is InChI=1S/C11H17N3O/c1-2-12-9-11(15)14-7-5-10-4-3-6-13-8-10/h3-4,6,8,12H,2,5,7,9H2,1H3,(H,14,15). The molecule has 1 heterocycles. The Labute approximate surface area is 90.1 Å². The van der Waals surface area contributed by atoms with Crippen LogP contribution in [0.4, 0.5) is 0 Å². The Balaban J connectivity index is 2.14. The molecule has 1 rings (SSSR count). The Morgan fingerprint density at radius 1 is 1.53 bits per heavy atom. The molecule has 0 spiro atoms. The van der Waals surface area contributed by atoms with Crippen LogP contribution in [0.25, 0.3) is 0 Å². The Kier molecular flexibility index (Phi) is 5.40. The van der Waals surface area contributed by atoms with Gasteiger partial charge >= 0.3 is 0 Å². The monoisotopic (exact) mass is 207 g/mol. The average Bonchev–Trinajstić information content (AvgIpc) is 2.28. The highest BCUT2D eigenvalue weighted by molar-refractivity contribution is 5.77. The van der Waals surface area contributed by atoms with Gasteiger partial charge in [0, 0.05) is 18.9 Å². The molecule has 0 atom stereocenters. The van der Waals surface area contributed by atoms with Crippen LogP contribution >= 0.6 is 0 Å². The normalized spacial score (nSPS) is 9.93. The van der Waals surface area contributed by atoms with E-state index in [4.69, 9.17) is 0 Å².